The fourth-order valence-corrected chi connectivity index (χ4v) is 2.53. The molecule has 0 aliphatic carbocycles. The predicted molar refractivity (Wildman–Crippen MR) is 80.9 cm³/mol. The molecule has 0 saturated carbocycles. The van der Waals surface area contributed by atoms with E-state index >= 15 is 0 Å². The molecule has 1 N–H and O–H groups in total. The molecule has 0 saturated heterocycles. The highest BCUT2D eigenvalue weighted by Crippen LogP contribution is 2.17. The highest BCUT2D eigenvalue weighted by Gasteiger charge is 2.18. The SMILES string of the molecule is Cc1ccccc1-n1nnc(C(=O)Nc2nccs2)c1C. The molecule has 0 atom stereocenters. The second-order valence-corrected chi connectivity index (χ2v) is 5.41. The van der Waals surface area contributed by atoms with Crippen molar-refractivity contribution in [1.82, 2.24) is 20.0 Å². The van der Waals surface area contributed by atoms with Crippen LogP contribution in [0.3, 0.4) is 0 Å². The number of anilines is 1. The van der Waals surface area contributed by atoms with Crippen LogP contribution in [0.2, 0.25) is 0 Å². The minimum absolute atomic E-state index is 0.299. The number of hydrogen-bond donors (Lipinski definition) is 1. The van der Waals surface area contributed by atoms with Gasteiger partial charge >= 0.3 is 0 Å². The maximum Gasteiger partial charge on any atom is 0.279 e. The molecule has 7 heteroatoms. The molecular formula is C14H13N5OS. The molecule has 2 heterocycles. The van der Waals surface area contributed by atoms with E-state index in [1.54, 1.807) is 16.3 Å². The zero-order valence-electron chi connectivity index (χ0n) is 11.6. The van der Waals surface area contributed by atoms with Crippen molar-refractivity contribution in [2.75, 3.05) is 5.32 Å². The topological polar surface area (TPSA) is 72.7 Å². The van der Waals surface area contributed by atoms with Crippen LogP contribution < -0.4 is 5.32 Å². The summed E-state index contributed by atoms with van der Waals surface area (Å²) in [5.74, 6) is -0.303. The van der Waals surface area contributed by atoms with Gasteiger partial charge in [0.2, 0.25) is 0 Å². The van der Waals surface area contributed by atoms with Crippen LogP contribution in [0.1, 0.15) is 21.7 Å². The van der Waals surface area contributed by atoms with Crippen LogP contribution in [0.25, 0.3) is 5.69 Å². The fourth-order valence-electron chi connectivity index (χ4n) is 2.01. The third kappa shape index (κ3) is 2.55. The average molecular weight is 299 g/mol. The lowest BCUT2D eigenvalue weighted by atomic mass is 10.2. The Morgan fingerprint density at radius 2 is 2.10 bits per heavy atom. The van der Waals surface area contributed by atoms with Crippen LogP contribution in [0.4, 0.5) is 5.13 Å². The summed E-state index contributed by atoms with van der Waals surface area (Å²) in [6, 6.07) is 7.82. The van der Waals surface area contributed by atoms with E-state index in [0.29, 0.717) is 16.5 Å². The van der Waals surface area contributed by atoms with Crippen molar-refractivity contribution < 1.29 is 4.79 Å². The van der Waals surface area contributed by atoms with E-state index in [-0.39, 0.29) is 5.91 Å². The molecule has 21 heavy (non-hydrogen) atoms. The predicted octanol–water partition coefficient (Wildman–Crippen LogP) is 2.59. The second-order valence-electron chi connectivity index (χ2n) is 4.51. The molecule has 3 aromatic rings. The molecule has 6 nitrogen and oxygen atoms in total. The molecule has 1 aromatic carbocycles. The van der Waals surface area contributed by atoms with Crippen LogP contribution in [0, 0.1) is 13.8 Å². The van der Waals surface area contributed by atoms with Gasteiger partial charge in [0.05, 0.1) is 11.4 Å². The molecule has 106 valence electrons. The first-order chi connectivity index (χ1) is 10.2. The molecule has 0 fully saturated rings. The second kappa shape index (κ2) is 5.45. The van der Waals surface area contributed by atoms with Crippen molar-refractivity contribution >= 4 is 22.4 Å². The number of para-hydroxylation sites is 1. The average Bonchev–Trinajstić information content (AvgIpc) is 3.09. The number of amides is 1. The summed E-state index contributed by atoms with van der Waals surface area (Å²) in [7, 11) is 0. The van der Waals surface area contributed by atoms with Crippen molar-refractivity contribution in [3.8, 4) is 5.69 Å². The smallest absolute Gasteiger partial charge is 0.279 e. The van der Waals surface area contributed by atoms with E-state index in [4.69, 9.17) is 0 Å². The lowest BCUT2D eigenvalue weighted by Gasteiger charge is -2.06. The molecule has 2 aromatic heterocycles. The van der Waals surface area contributed by atoms with E-state index in [2.05, 4.69) is 20.6 Å². The Hall–Kier alpha value is -2.54. The quantitative estimate of drug-likeness (QED) is 0.807. The van der Waals surface area contributed by atoms with Crippen molar-refractivity contribution in [1.29, 1.82) is 0 Å². The number of aromatic nitrogens is 4. The monoisotopic (exact) mass is 299 g/mol. The molecule has 0 unspecified atom stereocenters. The summed E-state index contributed by atoms with van der Waals surface area (Å²) in [6.45, 7) is 3.81. The van der Waals surface area contributed by atoms with Gasteiger partial charge in [0, 0.05) is 11.6 Å². The van der Waals surface area contributed by atoms with Gasteiger partial charge in [0.15, 0.2) is 10.8 Å². The number of rotatable bonds is 3. The lowest BCUT2D eigenvalue weighted by molar-refractivity contribution is 0.102. The third-order valence-corrected chi connectivity index (χ3v) is 3.79. The fraction of sp³-hybridized carbons (Fsp3) is 0.143. The number of carbonyl (C=O) groups excluding carboxylic acids is 1. The van der Waals surface area contributed by atoms with Crippen molar-refractivity contribution in [3.63, 3.8) is 0 Å². The molecule has 0 bridgehead atoms. The van der Waals surface area contributed by atoms with E-state index in [1.807, 2.05) is 38.1 Å². The molecule has 0 aliphatic heterocycles. The van der Waals surface area contributed by atoms with Gasteiger partial charge in [0.25, 0.3) is 5.91 Å². The Balaban J connectivity index is 1.93. The largest absolute Gasteiger partial charge is 0.296 e. The van der Waals surface area contributed by atoms with Gasteiger partial charge in [0.1, 0.15) is 0 Å². The van der Waals surface area contributed by atoms with Crippen molar-refractivity contribution in [2.45, 2.75) is 13.8 Å². The zero-order chi connectivity index (χ0) is 14.8. The highest BCUT2D eigenvalue weighted by atomic mass is 32.1. The summed E-state index contributed by atoms with van der Waals surface area (Å²) >= 11 is 1.36. The summed E-state index contributed by atoms with van der Waals surface area (Å²) in [5, 5.41) is 13.1. The number of thiazole rings is 1. The Morgan fingerprint density at radius 1 is 1.29 bits per heavy atom. The van der Waals surface area contributed by atoms with Gasteiger partial charge in [-0.05, 0) is 25.5 Å². The first-order valence-electron chi connectivity index (χ1n) is 6.36. The summed E-state index contributed by atoms with van der Waals surface area (Å²) in [6.07, 6.45) is 1.64. The Labute approximate surface area is 125 Å². The van der Waals surface area contributed by atoms with Gasteiger partial charge in [-0.15, -0.1) is 16.4 Å². The van der Waals surface area contributed by atoms with E-state index < -0.39 is 0 Å². The number of carbonyl (C=O) groups is 1. The standard InChI is InChI=1S/C14H13N5OS/c1-9-5-3-4-6-11(9)19-10(2)12(17-18-19)13(20)16-14-15-7-8-21-14/h3-8H,1-2H3,(H,15,16,20). The lowest BCUT2D eigenvalue weighted by Crippen LogP contribution is -2.14. The minimum atomic E-state index is -0.303. The Kier molecular flexibility index (Phi) is 3.49. The maximum atomic E-state index is 12.2. The number of hydrogen-bond acceptors (Lipinski definition) is 5. The molecular weight excluding hydrogens is 286 g/mol. The molecule has 0 radical (unpaired) electrons. The van der Waals surface area contributed by atoms with Crippen LogP contribution in [0.15, 0.2) is 35.8 Å². The highest BCUT2D eigenvalue weighted by molar-refractivity contribution is 7.13. The van der Waals surface area contributed by atoms with Gasteiger partial charge in [-0.2, -0.15) is 0 Å². The number of nitrogens with one attached hydrogen (secondary N) is 1. The first kappa shape index (κ1) is 13.4. The van der Waals surface area contributed by atoms with E-state index in [1.165, 1.54) is 11.3 Å². The molecule has 0 aliphatic rings. The maximum absolute atomic E-state index is 12.2. The molecule has 1 amide bonds. The zero-order valence-corrected chi connectivity index (χ0v) is 12.4. The van der Waals surface area contributed by atoms with Crippen molar-refractivity contribution in [3.05, 3.63) is 52.8 Å². The number of aryl methyl sites for hydroxylation is 1. The van der Waals surface area contributed by atoms with Gasteiger partial charge in [-0.1, -0.05) is 23.4 Å². The van der Waals surface area contributed by atoms with Crippen LogP contribution in [-0.2, 0) is 0 Å². The number of benzene rings is 1. The number of nitrogens with zero attached hydrogens (tertiary/aromatic N) is 4. The van der Waals surface area contributed by atoms with Gasteiger partial charge < -0.3 is 0 Å². The normalized spacial score (nSPS) is 10.6. The Bertz CT molecular complexity index is 779. The van der Waals surface area contributed by atoms with Crippen molar-refractivity contribution in [2.24, 2.45) is 0 Å². The van der Waals surface area contributed by atoms with Gasteiger partial charge in [-0.3, -0.25) is 10.1 Å². The third-order valence-electron chi connectivity index (χ3n) is 3.11. The van der Waals surface area contributed by atoms with Gasteiger partial charge in [-0.25, -0.2) is 9.67 Å². The van der Waals surface area contributed by atoms with Crippen LogP contribution in [-0.4, -0.2) is 25.9 Å². The summed E-state index contributed by atoms with van der Waals surface area (Å²) < 4.78 is 1.67. The van der Waals surface area contributed by atoms with E-state index in [0.717, 1.165) is 11.3 Å². The molecule has 0 spiro atoms. The van der Waals surface area contributed by atoms with Crippen LogP contribution >= 0.6 is 11.3 Å². The molecule has 3 rings (SSSR count). The summed E-state index contributed by atoms with van der Waals surface area (Å²) in [5.41, 5.74) is 2.97. The minimum Gasteiger partial charge on any atom is -0.296 e. The van der Waals surface area contributed by atoms with Crippen LogP contribution in [0.5, 0.6) is 0 Å². The first-order valence-corrected chi connectivity index (χ1v) is 7.24. The Morgan fingerprint density at radius 3 is 2.81 bits per heavy atom. The summed E-state index contributed by atoms with van der Waals surface area (Å²) in [4.78, 5) is 16.2. The van der Waals surface area contributed by atoms with E-state index in [9.17, 15) is 4.79 Å².